The molecule has 2 heterocycles. The van der Waals surface area contributed by atoms with Crippen LogP contribution < -0.4 is 0 Å². The van der Waals surface area contributed by atoms with E-state index in [1.165, 1.54) is 12.1 Å². The van der Waals surface area contributed by atoms with Crippen LogP contribution in [-0.4, -0.2) is 26.2 Å². The SMILES string of the molecule is C[C@H](OC(=O)c1cccc(O)c1)c1nc(-c2cccnc2)no1. The van der Waals surface area contributed by atoms with Crippen molar-refractivity contribution in [3.63, 3.8) is 0 Å². The summed E-state index contributed by atoms with van der Waals surface area (Å²) in [5.74, 6) is -0.0519. The first-order chi connectivity index (χ1) is 11.1. The normalized spacial score (nSPS) is 11.9. The highest BCUT2D eigenvalue weighted by molar-refractivity contribution is 5.89. The number of phenolic OH excluding ortho intramolecular Hbond substituents is 1. The molecule has 7 heteroatoms. The lowest BCUT2D eigenvalue weighted by molar-refractivity contribution is 0.0265. The molecule has 2 aromatic heterocycles. The van der Waals surface area contributed by atoms with Crippen LogP contribution in [-0.2, 0) is 4.74 Å². The van der Waals surface area contributed by atoms with E-state index < -0.39 is 12.1 Å². The molecule has 0 unspecified atom stereocenters. The van der Waals surface area contributed by atoms with Gasteiger partial charge < -0.3 is 14.4 Å². The second kappa shape index (κ2) is 6.27. The Morgan fingerprint density at radius 2 is 2.17 bits per heavy atom. The minimum absolute atomic E-state index is 0.0104. The lowest BCUT2D eigenvalue weighted by Gasteiger charge is -2.09. The smallest absolute Gasteiger partial charge is 0.339 e. The fourth-order valence-electron chi connectivity index (χ4n) is 1.92. The number of carbonyl (C=O) groups excluding carboxylic acids is 1. The molecular formula is C16H13N3O4. The van der Waals surface area contributed by atoms with E-state index in [0.717, 1.165) is 0 Å². The van der Waals surface area contributed by atoms with Gasteiger partial charge in [0.25, 0.3) is 5.89 Å². The zero-order chi connectivity index (χ0) is 16.2. The molecule has 1 atom stereocenters. The van der Waals surface area contributed by atoms with Crippen LogP contribution in [0.1, 0.15) is 29.3 Å². The summed E-state index contributed by atoms with van der Waals surface area (Å²) in [4.78, 5) is 20.2. The monoisotopic (exact) mass is 311 g/mol. The number of carbonyl (C=O) groups is 1. The maximum atomic E-state index is 12.0. The van der Waals surface area contributed by atoms with Crippen molar-refractivity contribution in [1.82, 2.24) is 15.1 Å². The van der Waals surface area contributed by atoms with Crippen molar-refractivity contribution in [3.05, 3.63) is 60.2 Å². The molecule has 0 radical (unpaired) electrons. The number of pyridine rings is 1. The second-order valence-corrected chi connectivity index (χ2v) is 4.80. The molecule has 0 amide bonds. The molecule has 0 saturated heterocycles. The third-order valence-corrected chi connectivity index (χ3v) is 3.07. The lowest BCUT2D eigenvalue weighted by atomic mass is 10.2. The van der Waals surface area contributed by atoms with E-state index >= 15 is 0 Å². The Bertz CT molecular complexity index is 817. The van der Waals surface area contributed by atoms with E-state index in [0.29, 0.717) is 11.4 Å². The summed E-state index contributed by atoms with van der Waals surface area (Å²) in [6, 6.07) is 9.46. The Morgan fingerprint density at radius 1 is 1.30 bits per heavy atom. The maximum absolute atomic E-state index is 12.0. The number of benzene rings is 1. The predicted molar refractivity (Wildman–Crippen MR) is 79.5 cm³/mol. The third-order valence-electron chi connectivity index (χ3n) is 3.07. The van der Waals surface area contributed by atoms with Crippen molar-refractivity contribution >= 4 is 5.97 Å². The summed E-state index contributed by atoms with van der Waals surface area (Å²) in [5, 5.41) is 13.2. The fraction of sp³-hybridized carbons (Fsp3) is 0.125. The van der Waals surface area contributed by atoms with E-state index in [1.807, 2.05) is 0 Å². The first-order valence-corrected chi connectivity index (χ1v) is 6.87. The number of phenols is 1. The van der Waals surface area contributed by atoms with Crippen LogP contribution in [0, 0.1) is 0 Å². The number of rotatable bonds is 4. The Hall–Kier alpha value is -3.22. The van der Waals surface area contributed by atoms with E-state index in [9.17, 15) is 9.90 Å². The van der Waals surface area contributed by atoms with E-state index in [-0.39, 0.29) is 17.2 Å². The van der Waals surface area contributed by atoms with E-state index in [2.05, 4.69) is 15.1 Å². The molecule has 3 rings (SSSR count). The summed E-state index contributed by atoms with van der Waals surface area (Å²) in [5.41, 5.74) is 0.942. The summed E-state index contributed by atoms with van der Waals surface area (Å²) in [6.45, 7) is 1.63. The molecule has 7 nitrogen and oxygen atoms in total. The highest BCUT2D eigenvalue weighted by atomic mass is 16.6. The van der Waals surface area contributed by atoms with Crippen LogP contribution >= 0.6 is 0 Å². The molecular weight excluding hydrogens is 298 g/mol. The number of esters is 1. The van der Waals surface area contributed by atoms with Gasteiger partial charge in [0.2, 0.25) is 5.82 Å². The third kappa shape index (κ3) is 3.34. The average Bonchev–Trinajstić information content (AvgIpc) is 3.06. The van der Waals surface area contributed by atoms with Crippen molar-refractivity contribution in [2.45, 2.75) is 13.0 Å². The van der Waals surface area contributed by atoms with Crippen LogP contribution in [0.25, 0.3) is 11.4 Å². The van der Waals surface area contributed by atoms with Crippen LogP contribution in [0.5, 0.6) is 5.75 Å². The number of aromatic hydroxyl groups is 1. The molecule has 0 aliphatic heterocycles. The fourth-order valence-corrected chi connectivity index (χ4v) is 1.92. The van der Waals surface area contributed by atoms with Gasteiger partial charge in [-0.3, -0.25) is 4.98 Å². The number of hydrogen-bond acceptors (Lipinski definition) is 7. The molecule has 0 aliphatic carbocycles. The second-order valence-electron chi connectivity index (χ2n) is 4.80. The highest BCUT2D eigenvalue weighted by Crippen LogP contribution is 2.21. The standard InChI is InChI=1S/C16H13N3O4/c1-10(22-16(21)11-4-2-6-13(20)8-11)15-18-14(19-23-15)12-5-3-7-17-9-12/h2-10,20H,1H3/t10-/m0/s1. The van der Waals surface area contributed by atoms with Gasteiger partial charge in [-0.1, -0.05) is 11.2 Å². The quantitative estimate of drug-likeness (QED) is 0.740. The van der Waals surface area contributed by atoms with E-state index in [1.54, 1.807) is 43.6 Å². The van der Waals surface area contributed by atoms with Crippen molar-refractivity contribution in [1.29, 1.82) is 0 Å². The van der Waals surface area contributed by atoms with Crippen LogP contribution in [0.3, 0.4) is 0 Å². The van der Waals surface area contributed by atoms with Gasteiger partial charge in [-0.15, -0.1) is 0 Å². The van der Waals surface area contributed by atoms with Gasteiger partial charge in [-0.25, -0.2) is 4.79 Å². The summed E-state index contributed by atoms with van der Waals surface area (Å²) in [6.07, 6.45) is 2.53. The van der Waals surface area contributed by atoms with Gasteiger partial charge in [0, 0.05) is 18.0 Å². The van der Waals surface area contributed by atoms with Gasteiger partial charge in [0.15, 0.2) is 6.10 Å². The summed E-state index contributed by atoms with van der Waals surface area (Å²) in [7, 11) is 0. The molecule has 116 valence electrons. The van der Waals surface area contributed by atoms with Crippen LogP contribution in [0.4, 0.5) is 0 Å². The van der Waals surface area contributed by atoms with Crippen LogP contribution in [0.15, 0.2) is 53.3 Å². The zero-order valence-electron chi connectivity index (χ0n) is 12.2. The van der Waals surface area contributed by atoms with Crippen molar-refractivity contribution in [2.75, 3.05) is 0 Å². The van der Waals surface area contributed by atoms with Crippen molar-refractivity contribution < 1.29 is 19.2 Å². The summed E-state index contributed by atoms with van der Waals surface area (Å²) < 4.78 is 10.4. The van der Waals surface area contributed by atoms with Gasteiger partial charge in [-0.05, 0) is 37.3 Å². The van der Waals surface area contributed by atoms with Crippen LogP contribution in [0.2, 0.25) is 0 Å². The number of nitrogens with zero attached hydrogens (tertiary/aromatic N) is 3. The zero-order valence-corrected chi connectivity index (χ0v) is 12.2. The highest BCUT2D eigenvalue weighted by Gasteiger charge is 2.20. The number of ether oxygens (including phenoxy) is 1. The first kappa shape index (κ1) is 14.7. The Kier molecular flexibility index (Phi) is 4.01. The molecule has 1 aromatic carbocycles. The molecule has 0 aliphatic rings. The topological polar surface area (TPSA) is 98.3 Å². The molecule has 0 spiro atoms. The summed E-state index contributed by atoms with van der Waals surface area (Å²) >= 11 is 0. The number of aromatic nitrogens is 3. The largest absolute Gasteiger partial charge is 0.508 e. The average molecular weight is 311 g/mol. The molecule has 23 heavy (non-hydrogen) atoms. The first-order valence-electron chi connectivity index (χ1n) is 6.87. The maximum Gasteiger partial charge on any atom is 0.339 e. The Balaban J connectivity index is 1.73. The van der Waals surface area contributed by atoms with Crippen molar-refractivity contribution in [3.8, 4) is 17.1 Å². The predicted octanol–water partition coefficient (Wildman–Crippen LogP) is 2.76. The molecule has 0 fully saturated rings. The Labute approximate surface area is 131 Å². The van der Waals surface area contributed by atoms with Gasteiger partial charge in [0.05, 0.1) is 5.56 Å². The Morgan fingerprint density at radius 3 is 2.91 bits per heavy atom. The molecule has 0 saturated carbocycles. The minimum Gasteiger partial charge on any atom is -0.508 e. The lowest BCUT2D eigenvalue weighted by Crippen LogP contribution is -2.09. The number of hydrogen-bond donors (Lipinski definition) is 1. The van der Waals surface area contributed by atoms with Gasteiger partial charge in [-0.2, -0.15) is 4.98 Å². The molecule has 3 aromatic rings. The van der Waals surface area contributed by atoms with Crippen molar-refractivity contribution in [2.24, 2.45) is 0 Å². The molecule has 0 bridgehead atoms. The minimum atomic E-state index is -0.720. The molecule has 1 N–H and O–H groups in total. The van der Waals surface area contributed by atoms with E-state index in [4.69, 9.17) is 9.26 Å². The van der Waals surface area contributed by atoms with Gasteiger partial charge in [0.1, 0.15) is 5.75 Å². The van der Waals surface area contributed by atoms with Gasteiger partial charge >= 0.3 is 5.97 Å².